The van der Waals surface area contributed by atoms with Crippen LogP contribution < -0.4 is 5.32 Å². The fraction of sp³-hybridized carbons (Fsp3) is 0.333. The average Bonchev–Trinajstić information content (AvgIpc) is 2.50. The van der Waals surface area contributed by atoms with Crippen molar-refractivity contribution in [3.63, 3.8) is 0 Å². The van der Waals surface area contributed by atoms with Gasteiger partial charge in [-0.15, -0.1) is 0 Å². The van der Waals surface area contributed by atoms with Gasteiger partial charge in [-0.2, -0.15) is 0 Å². The predicted molar refractivity (Wildman–Crippen MR) is 85.5 cm³/mol. The first kappa shape index (κ1) is 15.2. The molecule has 0 aliphatic heterocycles. The molecule has 0 saturated carbocycles. The van der Waals surface area contributed by atoms with Crippen LogP contribution in [-0.2, 0) is 0 Å². The number of hydrogen-bond donors (Lipinski definition) is 1. The van der Waals surface area contributed by atoms with E-state index in [1.54, 1.807) is 0 Å². The molecule has 3 heteroatoms. The first-order chi connectivity index (χ1) is 10.1. The molecular weight excluding hydrogens is 260 g/mol. The molecule has 1 aromatic carbocycles. The van der Waals surface area contributed by atoms with Crippen molar-refractivity contribution in [1.29, 1.82) is 0 Å². The normalized spacial score (nSPS) is 12.0. The molecule has 3 nitrogen and oxygen atoms in total. The zero-order valence-electron chi connectivity index (χ0n) is 12.9. The summed E-state index contributed by atoms with van der Waals surface area (Å²) >= 11 is 0. The summed E-state index contributed by atoms with van der Waals surface area (Å²) in [6.07, 6.45) is 0.917. The standard InChI is InChI=1S/C18H22N2O/c1-13(16-7-5-4-6-8-16)11-12-19-18(21)17-14(2)9-10-15(3)20-17/h4-10,13H,11-12H2,1-3H3,(H,19,21). The Labute approximate surface area is 126 Å². The van der Waals surface area contributed by atoms with Crippen LogP contribution in [-0.4, -0.2) is 17.4 Å². The van der Waals surface area contributed by atoms with Crippen molar-refractivity contribution in [1.82, 2.24) is 10.3 Å². The van der Waals surface area contributed by atoms with E-state index >= 15 is 0 Å². The summed E-state index contributed by atoms with van der Waals surface area (Å²) in [7, 11) is 0. The van der Waals surface area contributed by atoms with Gasteiger partial charge in [0, 0.05) is 12.2 Å². The number of pyridine rings is 1. The zero-order chi connectivity index (χ0) is 15.2. The summed E-state index contributed by atoms with van der Waals surface area (Å²) in [5.41, 5.74) is 3.61. The molecule has 2 rings (SSSR count). The lowest BCUT2D eigenvalue weighted by Gasteiger charge is -2.13. The molecule has 1 unspecified atom stereocenters. The molecule has 21 heavy (non-hydrogen) atoms. The van der Waals surface area contributed by atoms with Crippen LogP contribution in [0, 0.1) is 13.8 Å². The maximum atomic E-state index is 12.2. The maximum absolute atomic E-state index is 12.2. The van der Waals surface area contributed by atoms with Crippen molar-refractivity contribution >= 4 is 5.91 Å². The number of carbonyl (C=O) groups excluding carboxylic acids is 1. The van der Waals surface area contributed by atoms with E-state index < -0.39 is 0 Å². The Bertz CT molecular complexity index is 608. The number of nitrogens with zero attached hydrogens (tertiary/aromatic N) is 1. The van der Waals surface area contributed by atoms with E-state index in [0.29, 0.717) is 18.2 Å². The minimum absolute atomic E-state index is 0.0866. The van der Waals surface area contributed by atoms with Gasteiger partial charge in [-0.1, -0.05) is 43.3 Å². The van der Waals surface area contributed by atoms with Gasteiger partial charge in [0.15, 0.2) is 0 Å². The van der Waals surface area contributed by atoms with E-state index in [4.69, 9.17) is 0 Å². The van der Waals surface area contributed by atoms with Gasteiger partial charge in [0.2, 0.25) is 0 Å². The lowest BCUT2D eigenvalue weighted by molar-refractivity contribution is 0.0947. The monoisotopic (exact) mass is 282 g/mol. The van der Waals surface area contributed by atoms with Gasteiger partial charge in [0.25, 0.3) is 5.91 Å². The second-order valence-corrected chi connectivity index (χ2v) is 5.47. The molecule has 1 amide bonds. The molecule has 1 N–H and O–H groups in total. The Morgan fingerprint density at radius 3 is 2.57 bits per heavy atom. The number of hydrogen-bond acceptors (Lipinski definition) is 2. The molecule has 0 bridgehead atoms. The zero-order valence-corrected chi connectivity index (χ0v) is 12.9. The minimum atomic E-state index is -0.0866. The molecule has 1 aromatic heterocycles. The Morgan fingerprint density at radius 1 is 1.14 bits per heavy atom. The molecular formula is C18H22N2O. The Balaban J connectivity index is 1.88. The highest BCUT2D eigenvalue weighted by Crippen LogP contribution is 2.17. The smallest absolute Gasteiger partial charge is 0.270 e. The molecule has 2 aromatic rings. The van der Waals surface area contributed by atoms with Crippen LogP contribution in [0.5, 0.6) is 0 Å². The van der Waals surface area contributed by atoms with Gasteiger partial charge in [-0.25, -0.2) is 4.98 Å². The van der Waals surface area contributed by atoms with Crippen molar-refractivity contribution in [2.75, 3.05) is 6.54 Å². The molecule has 1 atom stereocenters. The Morgan fingerprint density at radius 2 is 1.86 bits per heavy atom. The number of carbonyl (C=O) groups is 1. The highest BCUT2D eigenvalue weighted by molar-refractivity contribution is 5.93. The molecule has 0 aliphatic carbocycles. The number of nitrogens with one attached hydrogen (secondary N) is 1. The fourth-order valence-electron chi connectivity index (χ4n) is 2.29. The third-order valence-electron chi connectivity index (χ3n) is 3.68. The van der Waals surface area contributed by atoms with E-state index in [-0.39, 0.29) is 5.91 Å². The summed E-state index contributed by atoms with van der Waals surface area (Å²) in [5, 5.41) is 2.97. The van der Waals surface area contributed by atoms with Crippen LogP contribution in [0.4, 0.5) is 0 Å². The lowest BCUT2D eigenvalue weighted by atomic mass is 9.98. The Kier molecular flexibility index (Phi) is 5.09. The number of rotatable bonds is 5. The Hall–Kier alpha value is -2.16. The summed E-state index contributed by atoms with van der Waals surface area (Å²) in [5.74, 6) is 0.342. The molecule has 0 radical (unpaired) electrons. The minimum Gasteiger partial charge on any atom is -0.351 e. The molecule has 0 fully saturated rings. The van der Waals surface area contributed by atoms with Crippen molar-refractivity contribution < 1.29 is 4.79 Å². The molecule has 0 spiro atoms. The summed E-state index contributed by atoms with van der Waals surface area (Å²) in [6, 6.07) is 14.2. The summed E-state index contributed by atoms with van der Waals surface area (Å²) in [6.45, 7) is 6.64. The number of aryl methyl sites for hydroxylation is 2. The quantitative estimate of drug-likeness (QED) is 0.910. The molecule has 1 heterocycles. The number of benzene rings is 1. The number of amides is 1. The van der Waals surface area contributed by atoms with E-state index in [1.165, 1.54) is 5.56 Å². The van der Waals surface area contributed by atoms with E-state index in [0.717, 1.165) is 17.7 Å². The predicted octanol–water partition coefficient (Wildman–Crippen LogP) is 3.62. The van der Waals surface area contributed by atoms with Crippen LogP contribution in [0.1, 0.15) is 46.6 Å². The third-order valence-corrected chi connectivity index (χ3v) is 3.68. The largest absolute Gasteiger partial charge is 0.351 e. The highest BCUT2D eigenvalue weighted by Gasteiger charge is 2.11. The van der Waals surface area contributed by atoms with E-state index in [2.05, 4.69) is 29.4 Å². The molecule has 0 aliphatic rings. The van der Waals surface area contributed by atoms with Crippen molar-refractivity contribution in [3.8, 4) is 0 Å². The van der Waals surface area contributed by atoms with E-state index in [1.807, 2.05) is 44.2 Å². The lowest BCUT2D eigenvalue weighted by Crippen LogP contribution is -2.27. The topological polar surface area (TPSA) is 42.0 Å². The van der Waals surface area contributed by atoms with E-state index in [9.17, 15) is 4.79 Å². The number of aromatic nitrogens is 1. The average molecular weight is 282 g/mol. The van der Waals surface area contributed by atoms with Crippen molar-refractivity contribution in [2.24, 2.45) is 0 Å². The molecule has 0 saturated heterocycles. The summed E-state index contributed by atoms with van der Waals surface area (Å²) in [4.78, 5) is 16.5. The van der Waals surface area contributed by atoms with Gasteiger partial charge in [0.1, 0.15) is 5.69 Å². The van der Waals surface area contributed by atoms with Crippen LogP contribution in [0.2, 0.25) is 0 Å². The third kappa shape index (κ3) is 4.15. The second-order valence-electron chi connectivity index (χ2n) is 5.47. The SMILES string of the molecule is Cc1ccc(C)c(C(=O)NCCC(C)c2ccccc2)n1. The van der Waals surface area contributed by atoms with Gasteiger partial charge < -0.3 is 5.32 Å². The van der Waals surface area contributed by atoms with Gasteiger partial charge >= 0.3 is 0 Å². The highest BCUT2D eigenvalue weighted by atomic mass is 16.1. The van der Waals surface area contributed by atoms with Crippen LogP contribution in [0.25, 0.3) is 0 Å². The van der Waals surface area contributed by atoms with Crippen LogP contribution in [0.15, 0.2) is 42.5 Å². The van der Waals surface area contributed by atoms with Crippen molar-refractivity contribution in [2.45, 2.75) is 33.1 Å². The maximum Gasteiger partial charge on any atom is 0.270 e. The van der Waals surface area contributed by atoms with Gasteiger partial charge in [-0.05, 0) is 43.4 Å². The van der Waals surface area contributed by atoms with Crippen LogP contribution in [0.3, 0.4) is 0 Å². The van der Waals surface area contributed by atoms with Gasteiger partial charge in [0.05, 0.1) is 0 Å². The summed E-state index contributed by atoms with van der Waals surface area (Å²) < 4.78 is 0. The first-order valence-corrected chi connectivity index (χ1v) is 7.35. The van der Waals surface area contributed by atoms with Crippen molar-refractivity contribution in [3.05, 3.63) is 65.0 Å². The van der Waals surface area contributed by atoms with Crippen LogP contribution >= 0.6 is 0 Å². The second kappa shape index (κ2) is 7.02. The first-order valence-electron chi connectivity index (χ1n) is 7.35. The molecule has 110 valence electrons. The fourth-order valence-corrected chi connectivity index (χ4v) is 2.29. The van der Waals surface area contributed by atoms with Gasteiger partial charge in [-0.3, -0.25) is 4.79 Å².